The van der Waals surface area contributed by atoms with E-state index >= 15 is 0 Å². The third-order valence-corrected chi connectivity index (χ3v) is 1.87. The fourth-order valence-electron chi connectivity index (χ4n) is 1.31. The van der Waals surface area contributed by atoms with E-state index < -0.39 is 5.97 Å². The summed E-state index contributed by atoms with van der Waals surface area (Å²) in [5.74, 6) is -0.463. The molecule has 0 saturated heterocycles. The first-order chi connectivity index (χ1) is 6.65. The smallest absolute Gasteiger partial charge is 0.311 e. The molecule has 0 aliphatic heterocycles. The molecule has 2 radical (unpaired) electrons. The second-order valence-corrected chi connectivity index (χ2v) is 3.03. The van der Waals surface area contributed by atoms with E-state index in [1.165, 1.54) is 0 Å². The molecule has 0 amide bonds. The summed E-state index contributed by atoms with van der Waals surface area (Å²) in [4.78, 5) is 17.4. The molecule has 0 aliphatic carbocycles. The third-order valence-electron chi connectivity index (χ3n) is 1.87. The van der Waals surface area contributed by atoms with Gasteiger partial charge >= 0.3 is 5.97 Å². The Bertz CT molecular complexity index is 493. The number of aromatic nitrogens is 2. The van der Waals surface area contributed by atoms with Gasteiger partial charge in [0.05, 0.1) is 11.0 Å². The van der Waals surface area contributed by atoms with Gasteiger partial charge in [-0.05, 0) is 12.1 Å². The van der Waals surface area contributed by atoms with Gasteiger partial charge in [0.15, 0.2) is 0 Å². The zero-order valence-electron chi connectivity index (χ0n) is 7.32. The highest BCUT2D eigenvalue weighted by molar-refractivity contribution is 6.33. The first kappa shape index (κ1) is 8.81. The number of fused-ring (bicyclic) bond motifs is 1. The maximum atomic E-state index is 10.4. The molecule has 0 unspecified atom stereocenters. The standard InChI is InChI=1S/C9H7BN2O2/c10-5-1-2-6-7(3-5)12-8(11-6)4-9(13)14/h1-3H,4H2,(H,11,12)(H,13,14). The highest BCUT2D eigenvalue weighted by Gasteiger charge is 2.05. The van der Waals surface area contributed by atoms with Gasteiger partial charge in [0.1, 0.15) is 20.1 Å². The van der Waals surface area contributed by atoms with Crippen molar-refractivity contribution in [3.8, 4) is 0 Å². The lowest BCUT2D eigenvalue weighted by Gasteiger charge is -1.89. The first-order valence-corrected chi connectivity index (χ1v) is 4.11. The van der Waals surface area contributed by atoms with Crippen LogP contribution >= 0.6 is 0 Å². The van der Waals surface area contributed by atoms with E-state index in [1.54, 1.807) is 18.2 Å². The van der Waals surface area contributed by atoms with E-state index in [2.05, 4.69) is 9.97 Å². The molecule has 0 fully saturated rings. The zero-order valence-corrected chi connectivity index (χ0v) is 7.32. The molecule has 0 atom stereocenters. The van der Waals surface area contributed by atoms with Crippen molar-refractivity contribution in [3.63, 3.8) is 0 Å². The van der Waals surface area contributed by atoms with E-state index in [4.69, 9.17) is 13.0 Å². The van der Waals surface area contributed by atoms with Crippen molar-refractivity contribution in [2.24, 2.45) is 0 Å². The number of benzene rings is 1. The number of aromatic amines is 1. The van der Waals surface area contributed by atoms with Crippen molar-refractivity contribution in [3.05, 3.63) is 24.0 Å². The van der Waals surface area contributed by atoms with Crippen LogP contribution in [-0.4, -0.2) is 28.9 Å². The van der Waals surface area contributed by atoms with Crippen molar-refractivity contribution in [1.82, 2.24) is 9.97 Å². The summed E-state index contributed by atoms with van der Waals surface area (Å²) in [6.45, 7) is 0. The second-order valence-electron chi connectivity index (χ2n) is 3.03. The van der Waals surface area contributed by atoms with E-state index in [-0.39, 0.29) is 6.42 Å². The topological polar surface area (TPSA) is 66.0 Å². The number of rotatable bonds is 2. The van der Waals surface area contributed by atoms with Gasteiger partial charge < -0.3 is 10.1 Å². The molecule has 2 rings (SSSR count). The van der Waals surface area contributed by atoms with Crippen molar-refractivity contribution >= 4 is 30.3 Å². The molecule has 0 spiro atoms. The Morgan fingerprint density at radius 1 is 1.57 bits per heavy atom. The molecule has 1 heterocycles. The van der Waals surface area contributed by atoms with Crippen LogP contribution < -0.4 is 5.46 Å². The minimum atomic E-state index is -0.906. The highest BCUT2D eigenvalue weighted by atomic mass is 16.4. The number of carboxylic acids is 1. The number of carbonyl (C=O) groups is 1. The number of H-pyrrole nitrogens is 1. The number of nitrogens with one attached hydrogen (secondary N) is 1. The summed E-state index contributed by atoms with van der Waals surface area (Å²) in [6.07, 6.45) is -0.103. The van der Waals surface area contributed by atoms with Crippen LogP contribution in [0, 0.1) is 0 Å². The van der Waals surface area contributed by atoms with E-state index in [9.17, 15) is 4.79 Å². The number of aliphatic carboxylic acids is 1. The largest absolute Gasteiger partial charge is 0.481 e. The Kier molecular flexibility index (Phi) is 2.00. The van der Waals surface area contributed by atoms with Crippen molar-refractivity contribution < 1.29 is 9.90 Å². The summed E-state index contributed by atoms with van der Waals surface area (Å²) in [6, 6.07) is 5.22. The predicted octanol–water partition coefficient (Wildman–Crippen LogP) is -0.0162. The molecule has 0 bridgehead atoms. The lowest BCUT2D eigenvalue weighted by atomic mass is 9.96. The second kappa shape index (κ2) is 3.18. The number of hydrogen-bond donors (Lipinski definition) is 2. The van der Waals surface area contributed by atoms with Gasteiger partial charge in [-0.25, -0.2) is 4.98 Å². The van der Waals surface area contributed by atoms with E-state index in [0.29, 0.717) is 11.3 Å². The number of imidazole rings is 1. The first-order valence-electron chi connectivity index (χ1n) is 4.11. The van der Waals surface area contributed by atoms with Crippen LogP contribution in [0.3, 0.4) is 0 Å². The predicted molar refractivity (Wildman–Crippen MR) is 52.8 cm³/mol. The Morgan fingerprint density at radius 2 is 2.36 bits per heavy atom. The van der Waals surface area contributed by atoms with Gasteiger partial charge in [0.25, 0.3) is 0 Å². The van der Waals surface area contributed by atoms with Crippen LogP contribution in [0.15, 0.2) is 18.2 Å². The summed E-state index contributed by atoms with van der Waals surface area (Å²) >= 11 is 0. The van der Waals surface area contributed by atoms with Gasteiger partial charge in [-0.15, -0.1) is 0 Å². The molecule has 4 nitrogen and oxygen atoms in total. The Hall–Kier alpha value is -1.78. The van der Waals surface area contributed by atoms with Crippen molar-refractivity contribution in [1.29, 1.82) is 0 Å². The van der Waals surface area contributed by atoms with Crippen LogP contribution in [0.2, 0.25) is 0 Å². The number of hydrogen-bond acceptors (Lipinski definition) is 2. The molecular formula is C9H7BN2O2. The van der Waals surface area contributed by atoms with Crippen LogP contribution in [0.25, 0.3) is 11.0 Å². The fraction of sp³-hybridized carbons (Fsp3) is 0.111. The Balaban J connectivity index is 2.46. The maximum absolute atomic E-state index is 10.4. The molecule has 0 aliphatic rings. The normalized spacial score (nSPS) is 10.6. The fourth-order valence-corrected chi connectivity index (χ4v) is 1.31. The Labute approximate surface area is 81.4 Å². The molecule has 2 aromatic rings. The molecule has 1 aromatic carbocycles. The minimum absolute atomic E-state index is 0.103. The monoisotopic (exact) mass is 186 g/mol. The summed E-state index contributed by atoms with van der Waals surface area (Å²) in [5.41, 5.74) is 2.12. The van der Waals surface area contributed by atoms with Gasteiger partial charge in [-0.3, -0.25) is 4.79 Å². The molecule has 14 heavy (non-hydrogen) atoms. The minimum Gasteiger partial charge on any atom is -0.481 e. The van der Waals surface area contributed by atoms with E-state index in [0.717, 1.165) is 11.0 Å². The van der Waals surface area contributed by atoms with Gasteiger partial charge in [-0.2, -0.15) is 0 Å². The molecule has 0 saturated carbocycles. The molecule has 1 aromatic heterocycles. The lowest BCUT2D eigenvalue weighted by Crippen LogP contribution is -2.01. The maximum Gasteiger partial charge on any atom is 0.311 e. The SMILES string of the molecule is [B]c1ccc2nc(CC(=O)O)[nH]c2c1. The summed E-state index contributed by atoms with van der Waals surface area (Å²) in [7, 11) is 5.57. The highest BCUT2D eigenvalue weighted by Crippen LogP contribution is 2.09. The van der Waals surface area contributed by atoms with Gasteiger partial charge in [0.2, 0.25) is 0 Å². The Morgan fingerprint density at radius 3 is 3.07 bits per heavy atom. The summed E-state index contributed by atoms with van der Waals surface area (Å²) in [5, 5.41) is 8.56. The number of nitrogens with zero attached hydrogens (tertiary/aromatic N) is 1. The average Bonchev–Trinajstić information content (AvgIpc) is 2.44. The molecule has 2 N–H and O–H groups in total. The molecule has 68 valence electrons. The third kappa shape index (κ3) is 1.61. The number of carboxylic acid groups (broad SMARTS) is 1. The molecule has 5 heteroatoms. The van der Waals surface area contributed by atoms with Crippen molar-refractivity contribution in [2.75, 3.05) is 0 Å². The van der Waals surface area contributed by atoms with Gasteiger partial charge in [-0.1, -0.05) is 11.5 Å². The van der Waals surface area contributed by atoms with Crippen LogP contribution in [-0.2, 0) is 11.2 Å². The van der Waals surface area contributed by atoms with Crippen molar-refractivity contribution in [2.45, 2.75) is 6.42 Å². The van der Waals surface area contributed by atoms with E-state index in [1.807, 2.05) is 0 Å². The van der Waals surface area contributed by atoms with Gasteiger partial charge in [0, 0.05) is 0 Å². The summed E-state index contributed by atoms with van der Waals surface area (Å²) < 4.78 is 0. The average molecular weight is 186 g/mol. The van der Waals surface area contributed by atoms with Crippen LogP contribution in [0.4, 0.5) is 0 Å². The van der Waals surface area contributed by atoms with Crippen LogP contribution in [0.5, 0.6) is 0 Å². The quantitative estimate of drug-likeness (QED) is 0.647. The molecular weight excluding hydrogens is 179 g/mol. The lowest BCUT2D eigenvalue weighted by molar-refractivity contribution is -0.136. The van der Waals surface area contributed by atoms with Crippen LogP contribution in [0.1, 0.15) is 5.82 Å². The zero-order chi connectivity index (χ0) is 10.1.